The van der Waals surface area contributed by atoms with Gasteiger partial charge in [-0.25, -0.2) is 9.59 Å². The van der Waals surface area contributed by atoms with Gasteiger partial charge in [-0.15, -0.1) is 0 Å². The second-order valence-electron chi connectivity index (χ2n) is 10.1. The van der Waals surface area contributed by atoms with Crippen LogP contribution in [0, 0.1) is 0 Å². The first-order valence-electron chi connectivity index (χ1n) is 14.2. The number of methoxy groups -OCH3 is 1. The smallest absolute Gasteiger partial charge is 0.405 e. The minimum absolute atomic E-state index is 0.0738. The fourth-order valence-electron chi connectivity index (χ4n) is 5.18. The molecule has 0 saturated heterocycles. The van der Waals surface area contributed by atoms with Crippen LogP contribution < -0.4 is 21.1 Å². The van der Waals surface area contributed by atoms with Gasteiger partial charge in [-0.3, -0.25) is 5.32 Å². The summed E-state index contributed by atoms with van der Waals surface area (Å²) in [5.41, 5.74) is 9.33. The fraction of sp³-hybridized carbons (Fsp3) is 0.229. The first-order valence-corrected chi connectivity index (χ1v) is 14.2. The Balaban J connectivity index is 1.52. The Morgan fingerprint density at radius 1 is 0.860 bits per heavy atom. The third-order valence-electron chi connectivity index (χ3n) is 7.33. The van der Waals surface area contributed by atoms with Gasteiger partial charge in [0.25, 0.3) is 0 Å². The molecule has 8 nitrogen and oxygen atoms in total. The monoisotopic (exact) mass is 579 g/mol. The zero-order valence-electron chi connectivity index (χ0n) is 24.2. The van der Waals surface area contributed by atoms with E-state index < -0.39 is 17.7 Å². The molecule has 1 atom stereocenters. The largest absolute Gasteiger partial charge is 0.497 e. The maximum atomic E-state index is 11.9. The Morgan fingerprint density at radius 3 is 1.95 bits per heavy atom. The predicted octanol–water partition coefficient (Wildman–Crippen LogP) is 5.53. The summed E-state index contributed by atoms with van der Waals surface area (Å²) >= 11 is 0. The number of hydrogen-bond donors (Lipinski definition) is 4. The molecule has 0 aliphatic carbocycles. The quantitative estimate of drug-likeness (QED) is 0.0830. The predicted molar refractivity (Wildman–Crippen MR) is 167 cm³/mol. The Kier molecular flexibility index (Phi) is 11.1. The molecular weight excluding hydrogens is 542 g/mol. The van der Waals surface area contributed by atoms with Gasteiger partial charge in [-0.2, -0.15) is 0 Å². The number of hydrogen-bond acceptors (Lipinski definition) is 7. The summed E-state index contributed by atoms with van der Waals surface area (Å²) < 4.78 is 10.7. The maximum Gasteiger partial charge on any atom is 0.405 e. The summed E-state index contributed by atoms with van der Waals surface area (Å²) in [4.78, 5) is 23.6. The molecule has 0 aliphatic rings. The van der Waals surface area contributed by atoms with E-state index in [0.717, 1.165) is 28.0 Å². The summed E-state index contributed by atoms with van der Waals surface area (Å²) in [6.07, 6.45) is -0.151. The van der Waals surface area contributed by atoms with Gasteiger partial charge in [0.1, 0.15) is 17.4 Å². The van der Waals surface area contributed by atoms with Crippen LogP contribution in [0.5, 0.6) is 5.75 Å². The lowest BCUT2D eigenvalue weighted by molar-refractivity contribution is 0.119. The van der Waals surface area contributed by atoms with Crippen molar-refractivity contribution in [3.05, 3.63) is 137 Å². The Labute approximate surface area is 252 Å². The van der Waals surface area contributed by atoms with Gasteiger partial charge in [0.05, 0.1) is 19.3 Å². The van der Waals surface area contributed by atoms with Crippen molar-refractivity contribution < 1.29 is 24.2 Å². The van der Waals surface area contributed by atoms with Crippen LogP contribution in [-0.4, -0.2) is 36.9 Å². The molecule has 0 fully saturated rings. The molecule has 0 bridgehead atoms. The molecule has 0 heterocycles. The third kappa shape index (κ3) is 7.90. The first-order chi connectivity index (χ1) is 21.0. The van der Waals surface area contributed by atoms with Crippen molar-refractivity contribution in [2.75, 3.05) is 19.0 Å². The molecule has 43 heavy (non-hydrogen) atoms. The number of carbonyl (C=O) groups is 1. The van der Waals surface area contributed by atoms with Crippen LogP contribution in [0.3, 0.4) is 0 Å². The summed E-state index contributed by atoms with van der Waals surface area (Å²) in [7, 11) is 1.65. The number of anilines is 1. The van der Waals surface area contributed by atoms with Gasteiger partial charge in [-0.05, 0) is 72.3 Å². The van der Waals surface area contributed by atoms with E-state index in [-0.39, 0.29) is 12.3 Å². The SMILES string of the molecule is COc1ccc(C(NCCCCC(OC(N)=O)C(=C=O)Nc2ccc(CO)cc2)(c2ccccc2)c2ccccc2)cc1. The van der Waals surface area contributed by atoms with Gasteiger partial charge < -0.3 is 25.6 Å². The molecular formula is C35H37N3O5. The van der Waals surface area contributed by atoms with Crippen LogP contribution in [0.4, 0.5) is 10.5 Å². The summed E-state index contributed by atoms with van der Waals surface area (Å²) in [6.45, 7) is 0.529. The molecule has 5 N–H and O–H groups in total. The van der Waals surface area contributed by atoms with E-state index in [1.165, 1.54) is 0 Å². The van der Waals surface area contributed by atoms with E-state index in [1.54, 1.807) is 31.4 Å². The normalized spacial score (nSPS) is 11.7. The van der Waals surface area contributed by atoms with Crippen molar-refractivity contribution in [3.8, 4) is 5.75 Å². The van der Waals surface area contributed by atoms with Gasteiger partial charge in [0.2, 0.25) is 0 Å². The molecule has 222 valence electrons. The van der Waals surface area contributed by atoms with Crippen LogP contribution >= 0.6 is 0 Å². The molecule has 4 aromatic carbocycles. The molecule has 1 amide bonds. The summed E-state index contributed by atoms with van der Waals surface area (Å²) in [5, 5.41) is 16.1. The number of aliphatic hydroxyl groups excluding tert-OH is 1. The molecule has 0 spiro atoms. The van der Waals surface area contributed by atoms with Crippen LogP contribution in [0.1, 0.15) is 41.5 Å². The lowest BCUT2D eigenvalue weighted by Crippen LogP contribution is -2.45. The van der Waals surface area contributed by atoms with Gasteiger partial charge in [0.15, 0.2) is 6.10 Å². The van der Waals surface area contributed by atoms with Crippen molar-refractivity contribution in [2.45, 2.75) is 37.5 Å². The van der Waals surface area contributed by atoms with Crippen molar-refractivity contribution in [2.24, 2.45) is 5.73 Å². The maximum absolute atomic E-state index is 11.9. The van der Waals surface area contributed by atoms with Crippen molar-refractivity contribution in [1.82, 2.24) is 5.32 Å². The van der Waals surface area contributed by atoms with Crippen LogP contribution in [0.25, 0.3) is 0 Å². The van der Waals surface area contributed by atoms with Crippen molar-refractivity contribution in [1.29, 1.82) is 0 Å². The van der Waals surface area contributed by atoms with E-state index in [0.29, 0.717) is 31.5 Å². The molecule has 0 aliphatic heterocycles. The number of unbranched alkanes of at least 4 members (excludes halogenated alkanes) is 1. The van der Waals surface area contributed by atoms with E-state index in [9.17, 15) is 14.7 Å². The number of nitrogens with one attached hydrogen (secondary N) is 2. The number of rotatable bonds is 15. The van der Waals surface area contributed by atoms with E-state index in [4.69, 9.17) is 15.2 Å². The number of amides is 1. The van der Waals surface area contributed by atoms with Crippen molar-refractivity contribution in [3.63, 3.8) is 0 Å². The average molecular weight is 580 g/mol. The Hall–Kier alpha value is -4.88. The van der Waals surface area contributed by atoms with Crippen LogP contribution in [0.2, 0.25) is 0 Å². The number of primary amides is 1. The van der Waals surface area contributed by atoms with Crippen molar-refractivity contribution >= 4 is 17.7 Å². The van der Waals surface area contributed by atoms with Crippen LogP contribution in [0.15, 0.2) is 115 Å². The summed E-state index contributed by atoms with van der Waals surface area (Å²) in [5.74, 6) is 2.65. The zero-order chi connectivity index (χ0) is 30.5. The second-order valence-corrected chi connectivity index (χ2v) is 10.1. The fourth-order valence-corrected chi connectivity index (χ4v) is 5.18. The molecule has 4 aromatic rings. The molecule has 0 saturated carbocycles. The lowest BCUT2D eigenvalue weighted by Gasteiger charge is -2.37. The van der Waals surface area contributed by atoms with Crippen LogP contribution in [-0.2, 0) is 21.7 Å². The van der Waals surface area contributed by atoms with E-state index in [2.05, 4.69) is 47.0 Å². The summed E-state index contributed by atoms with van der Waals surface area (Å²) in [6, 6.07) is 35.5. The zero-order valence-corrected chi connectivity index (χ0v) is 24.2. The molecule has 1 unspecified atom stereocenters. The van der Waals surface area contributed by atoms with Gasteiger partial charge >= 0.3 is 6.09 Å². The highest BCUT2D eigenvalue weighted by Crippen LogP contribution is 2.37. The topological polar surface area (TPSA) is 123 Å². The number of nitrogens with two attached hydrogens (primary N) is 1. The first kappa shape index (κ1) is 31.1. The lowest BCUT2D eigenvalue weighted by atomic mass is 9.77. The Bertz CT molecular complexity index is 1450. The average Bonchev–Trinajstić information content (AvgIpc) is 3.06. The highest BCUT2D eigenvalue weighted by Gasteiger charge is 2.35. The van der Waals surface area contributed by atoms with Gasteiger partial charge in [0, 0.05) is 5.69 Å². The number of benzene rings is 4. The van der Waals surface area contributed by atoms with E-state index >= 15 is 0 Å². The second kappa shape index (κ2) is 15.4. The minimum Gasteiger partial charge on any atom is -0.497 e. The molecule has 0 radical (unpaired) electrons. The van der Waals surface area contributed by atoms with E-state index in [1.807, 2.05) is 54.5 Å². The number of aliphatic hydroxyl groups is 1. The number of carbonyl (C=O) groups excluding carboxylic acids is 2. The molecule has 0 aromatic heterocycles. The van der Waals surface area contributed by atoms with Gasteiger partial charge in [-0.1, -0.05) is 84.9 Å². The standard InChI is InChI=1S/C35H37N3O5/c1-42-31-21-17-29(18-22-31)35(27-10-4-2-5-11-27,28-12-6-3-7-13-28)37-23-9-8-14-33(43-34(36)41)32(25-40)38-30-19-15-26(24-39)16-20-30/h2-7,10-13,15-22,33,37-39H,8-9,14,23-24H2,1H3,(H2,36,41). The highest BCUT2D eigenvalue weighted by molar-refractivity contribution is 5.68. The highest BCUT2D eigenvalue weighted by atomic mass is 16.6. The third-order valence-corrected chi connectivity index (χ3v) is 7.33. The minimum atomic E-state index is -0.972. The Morgan fingerprint density at radius 2 is 1.44 bits per heavy atom. The molecule has 8 heteroatoms. The number of ether oxygens (including phenoxy) is 2. The molecule has 4 rings (SSSR count).